The number of carbonyl (C=O) groups is 1. The van der Waals surface area contributed by atoms with Crippen molar-refractivity contribution in [3.05, 3.63) is 22.8 Å². The average molecular weight is 255 g/mol. The first kappa shape index (κ1) is 12.2. The molecule has 92 valence electrons. The molecule has 0 radical (unpaired) electrons. The standard InChI is InChI=1S/C12H15ClN2O2/c1-2-3-7-4-9(7)14-11-6-8(12(16)17)5-10(13)15-11/h5-7,9H,2-4H2,1H3,(H,14,15)(H,16,17). The predicted octanol–water partition coefficient (Wildman–Crippen LogP) is 3.03. The minimum absolute atomic E-state index is 0.167. The van der Waals surface area contributed by atoms with E-state index in [1.54, 1.807) is 0 Å². The van der Waals surface area contributed by atoms with Gasteiger partial charge in [0.05, 0.1) is 5.56 Å². The molecule has 1 aromatic heterocycles. The molecular formula is C12H15ClN2O2. The lowest BCUT2D eigenvalue weighted by atomic mass is 10.2. The van der Waals surface area contributed by atoms with Crippen molar-refractivity contribution >= 4 is 23.4 Å². The van der Waals surface area contributed by atoms with Gasteiger partial charge in [-0.15, -0.1) is 0 Å². The second-order valence-electron chi connectivity index (χ2n) is 4.40. The Morgan fingerprint density at radius 2 is 2.41 bits per heavy atom. The number of nitrogens with zero attached hydrogens (tertiary/aromatic N) is 1. The van der Waals surface area contributed by atoms with Gasteiger partial charge < -0.3 is 10.4 Å². The molecule has 0 spiro atoms. The first-order valence-corrected chi connectivity index (χ1v) is 6.15. The first-order chi connectivity index (χ1) is 8.10. The van der Waals surface area contributed by atoms with Gasteiger partial charge in [-0.05, 0) is 30.9 Å². The molecule has 17 heavy (non-hydrogen) atoms. The van der Waals surface area contributed by atoms with Crippen molar-refractivity contribution in [2.24, 2.45) is 5.92 Å². The zero-order valence-corrected chi connectivity index (χ0v) is 10.4. The van der Waals surface area contributed by atoms with Gasteiger partial charge in [-0.2, -0.15) is 0 Å². The fourth-order valence-corrected chi connectivity index (χ4v) is 2.21. The van der Waals surface area contributed by atoms with Crippen LogP contribution < -0.4 is 5.32 Å². The summed E-state index contributed by atoms with van der Waals surface area (Å²) >= 11 is 5.78. The van der Waals surface area contributed by atoms with Crippen LogP contribution >= 0.6 is 11.6 Å². The Hall–Kier alpha value is -1.29. The molecule has 1 aromatic rings. The van der Waals surface area contributed by atoms with Crippen molar-refractivity contribution in [2.75, 3.05) is 5.32 Å². The molecule has 2 atom stereocenters. The summed E-state index contributed by atoms with van der Waals surface area (Å²) in [5.41, 5.74) is 0.167. The summed E-state index contributed by atoms with van der Waals surface area (Å²) in [6.45, 7) is 2.16. The fraction of sp³-hybridized carbons (Fsp3) is 0.500. The van der Waals surface area contributed by atoms with E-state index in [4.69, 9.17) is 16.7 Å². The van der Waals surface area contributed by atoms with Crippen molar-refractivity contribution in [1.82, 2.24) is 4.98 Å². The maximum Gasteiger partial charge on any atom is 0.335 e. The van der Waals surface area contributed by atoms with Gasteiger partial charge in [-0.3, -0.25) is 0 Å². The van der Waals surface area contributed by atoms with E-state index in [9.17, 15) is 4.79 Å². The fourth-order valence-electron chi connectivity index (χ4n) is 2.00. The van der Waals surface area contributed by atoms with Gasteiger partial charge in [0.2, 0.25) is 0 Å². The lowest BCUT2D eigenvalue weighted by Crippen LogP contribution is -2.08. The maximum absolute atomic E-state index is 10.9. The number of anilines is 1. The van der Waals surface area contributed by atoms with Crippen LogP contribution in [-0.4, -0.2) is 22.1 Å². The minimum Gasteiger partial charge on any atom is -0.478 e. The molecule has 1 fully saturated rings. The Morgan fingerprint density at radius 3 is 3.06 bits per heavy atom. The summed E-state index contributed by atoms with van der Waals surface area (Å²) in [5.74, 6) is 0.255. The zero-order valence-electron chi connectivity index (χ0n) is 9.61. The van der Waals surface area contributed by atoms with E-state index in [0.29, 0.717) is 17.8 Å². The van der Waals surface area contributed by atoms with Gasteiger partial charge in [0.1, 0.15) is 11.0 Å². The third-order valence-electron chi connectivity index (χ3n) is 2.96. The topological polar surface area (TPSA) is 62.2 Å². The molecule has 0 aromatic carbocycles. The SMILES string of the molecule is CCCC1CC1Nc1cc(C(=O)O)cc(Cl)n1. The zero-order chi connectivity index (χ0) is 12.4. The molecule has 5 heteroatoms. The second-order valence-corrected chi connectivity index (χ2v) is 4.79. The number of halogens is 1. The molecule has 0 saturated heterocycles. The molecular weight excluding hydrogens is 240 g/mol. The van der Waals surface area contributed by atoms with E-state index < -0.39 is 5.97 Å². The Labute approximate surface area is 105 Å². The quantitative estimate of drug-likeness (QED) is 0.793. The highest BCUT2D eigenvalue weighted by Crippen LogP contribution is 2.37. The van der Waals surface area contributed by atoms with Crippen molar-refractivity contribution in [3.8, 4) is 0 Å². The van der Waals surface area contributed by atoms with Gasteiger partial charge in [0.15, 0.2) is 0 Å². The van der Waals surface area contributed by atoms with Crippen LogP contribution in [0.15, 0.2) is 12.1 Å². The van der Waals surface area contributed by atoms with Gasteiger partial charge in [0.25, 0.3) is 0 Å². The Bertz CT molecular complexity index is 437. The third kappa shape index (κ3) is 3.09. The van der Waals surface area contributed by atoms with Crippen LogP contribution in [-0.2, 0) is 0 Å². The first-order valence-electron chi connectivity index (χ1n) is 5.77. The van der Waals surface area contributed by atoms with E-state index in [1.165, 1.54) is 25.0 Å². The Kier molecular flexibility index (Phi) is 3.52. The van der Waals surface area contributed by atoms with Gasteiger partial charge in [-0.25, -0.2) is 9.78 Å². The Balaban J connectivity index is 2.04. The molecule has 2 N–H and O–H groups in total. The van der Waals surface area contributed by atoms with E-state index in [-0.39, 0.29) is 10.7 Å². The molecule has 4 nitrogen and oxygen atoms in total. The lowest BCUT2D eigenvalue weighted by molar-refractivity contribution is 0.0697. The van der Waals surface area contributed by atoms with Crippen LogP contribution in [0, 0.1) is 5.92 Å². The number of aromatic nitrogens is 1. The van der Waals surface area contributed by atoms with E-state index >= 15 is 0 Å². The number of pyridine rings is 1. The van der Waals surface area contributed by atoms with Gasteiger partial charge in [0, 0.05) is 6.04 Å². The number of nitrogens with one attached hydrogen (secondary N) is 1. The third-order valence-corrected chi connectivity index (χ3v) is 3.15. The van der Waals surface area contributed by atoms with Crippen molar-refractivity contribution in [3.63, 3.8) is 0 Å². The smallest absolute Gasteiger partial charge is 0.335 e. The molecule has 2 unspecified atom stereocenters. The molecule has 1 heterocycles. The maximum atomic E-state index is 10.9. The largest absolute Gasteiger partial charge is 0.478 e. The molecule has 2 rings (SSSR count). The predicted molar refractivity (Wildman–Crippen MR) is 66.6 cm³/mol. The molecule has 0 bridgehead atoms. The van der Waals surface area contributed by atoms with Crippen LogP contribution in [0.4, 0.5) is 5.82 Å². The van der Waals surface area contributed by atoms with Crippen molar-refractivity contribution in [1.29, 1.82) is 0 Å². The Morgan fingerprint density at radius 1 is 1.65 bits per heavy atom. The van der Waals surface area contributed by atoms with Crippen LogP contribution in [0.3, 0.4) is 0 Å². The van der Waals surface area contributed by atoms with Crippen LogP contribution in [0.25, 0.3) is 0 Å². The lowest BCUT2D eigenvalue weighted by Gasteiger charge is -2.06. The summed E-state index contributed by atoms with van der Waals surface area (Å²) in [7, 11) is 0. The number of carboxylic acids is 1. The number of carboxylic acid groups (broad SMARTS) is 1. The van der Waals surface area contributed by atoms with Gasteiger partial charge in [-0.1, -0.05) is 24.9 Å². The van der Waals surface area contributed by atoms with Crippen LogP contribution in [0.5, 0.6) is 0 Å². The number of aromatic carboxylic acids is 1. The highest BCUT2D eigenvalue weighted by Gasteiger charge is 2.36. The van der Waals surface area contributed by atoms with E-state index in [0.717, 1.165) is 6.42 Å². The average Bonchev–Trinajstić information content (AvgIpc) is 2.96. The summed E-state index contributed by atoms with van der Waals surface area (Å²) in [6.07, 6.45) is 3.50. The highest BCUT2D eigenvalue weighted by atomic mass is 35.5. The van der Waals surface area contributed by atoms with Gasteiger partial charge >= 0.3 is 5.97 Å². The monoisotopic (exact) mass is 254 g/mol. The summed E-state index contributed by atoms with van der Waals surface area (Å²) in [4.78, 5) is 14.9. The summed E-state index contributed by atoms with van der Waals surface area (Å²) in [5, 5.41) is 12.3. The van der Waals surface area contributed by atoms with E-state index in [1.807, 2.05) is 0 Å². The van der Waals surface area contributed by atoms with Crippen molar-refractivity contribution in [2.45, 2.75) is 32.2 Å². The minimum atomic E-state index is -0.988. The van der Waals surface area contributed by atoms with Crippen LogP contribution in [0.2, 0.25) is 5.15 Å². The van der Waals surface area contributed by atoms with E-state index in [2.05, 4.69) is 17.2 Å². The molecule has 0 aliphatic heterocycles. The molecule has 1 aliphatic carbocycles. The number of rotatable bonds is 5. The van der Waals surface area contributed by atoms with Crippen molar-refractivity contribution < 1.29 is 9.90 Å². The summed E-state index contributed by atoms with van der Waals surface area (Å²) in [6, 6.07) is 3.30. The molecule has 1 saturated carbocycles. The highest BCUT2D eigenvalue weighted by molar-refractivity contribution is 6.29. The summed E-state index contributed by atoms with van der Waals surface area (Å²) < 4.78 is 0. The normalized spacial score (nSPS) is 22.2. The second kappa shape index (κ2) is 4.92. The van der Waals surface area contributed by atoms with Crippen LogP contribution in [0.1, 0.15) is 36.5 Å². The number of hydrogen-bond acceptors (Lipinski definition) is 3. The number of hydrogen-bond donors (Lipinski definition) is 2. The molecule has 1 aliphatic rings. The molecule has 0 amide bonds.